The second kappa shape index (κ2) is 2.85. The van der Waals surface area contributed by atoms with Crippen LogP contribution in [0.3, 0.4) is 0 Å². The van der Waals surface area contributed by atoms with Crippen LogP contribution < -0.4 is 5.32 Å². The van der Waals surface area contributed by atoms with Crippen LogP contribution in [0.25, 0.3) is 0 Å². The maximum Gasteiger partial charge on any atom is 0.227 e. The van der Waals surface area contributed by atoms with E-state index in [1.165, 1.54) is 0 Å². The third-order valence-corrected chi connectivity index (χ3v) is 4.04. The quantitative estimate of drug-likeness (QED) is 0.724. The van der Waals surface area contributed by atoms with E-state index in [0.717, 1.165) is 16.4 Å². The topological polar surface area (TPSA) is 41.5 Å². The Bertz CT molecular complexity index is 483. The van der Waals surface area contributed by atoms with E-state index < -0.39 is 0 Å². The molecule has 15 heavy (non-hydrogen) atoms. The summed E-state index contributed by atoms with van der Waals surface area (Å²) in [6.45, 7) is 2.06. The normalized spacial score (nSPS) is 27.8. The Kier molecular flexibility index (Phi) is 1.71. The lowest BCUT2D eigenvalue weighted by atomic mass is 10.1. The first-order valence-electron chi connectivity index (χ1n) is 4.84. The van der Waals surface area contributed by atoms with Crippen molar-refractivity contribution in [3.8, 4) is 0 Å². The molecule has 1 atom stereocenters. The molecule has 76 valence electrons. The van der Waals surface area contributed by atoms with Crippen molar-refractivity contribution in [1.82, 2.24) is 5.32 Å². The van der Waals surface area contributed by atoms with Crippen LogP contribution in [-0.2, 0) is 4.79 Å². The lowest BCUT2D eigenvalue weighted by Crippen LogP contribution is -2.33. The van der Waals surface area contributed by atoms with Crippen LogP contribution in [0.4, 0.5) is 5.69 Å². The number of nitrogens with zero attached hydrogens (tertiary/aromatic N) is 1. The molecule has 0 bridgehead atoms. The van der Waals surface area contributed by atoms with Gasteiger partial charge >= 0.3 is 0 Å². The zero-order chi connectivity index (χ0) is 10.5. The summed E-state index contributed by atoms with van der Waals surface area (Å²) in [4.78, 5) is 17.0. The van der Waals surface area contributed by atoms with Crippen LogP contribution in [0.5, 0.6) is 0 Å². The Balaban J connectivity index is 2.14. The lowest BCUT2D eigenvalue weighted by molar-refractivity contribution is -0.118. The maximum absolute atomic E-state index is 11.4. The zero-order valence-corrected chi connectivity index (χ0v) is 9.10. The number of benzene rings is 1. The fourth-order valence-electron chi connectivity index (χ4n) is 1.93. The van der Waals surface area contributed by atoms with Crippen molar-refractivity contribution in [3.05, 3.63) is 24.3 Å². The molecule has 2 aliphatic rings. The SMILES string of the molecule is C[C@@]12CC(=O)NC1=Nc1ccccc1S2. The first kappa shape index (κ1) is 8.97. The van der Waals surface area contributed by atoms with Gasteiger partial charge in [0.1, 0.15) is 5.84 Å². The minimum absolute atomic E-state index is 0.0663. The highest BCUT2D eigenvalue weighted by Gasteiger charge is 2.43. The molecular weight excluding hydrogens is 208 g/mol. The van der Waals surface area contributed by atoms with E-state index in [9.17, 15) is 4.79 Å². The average Bonchev–Trinajstić information content (AvgIpc) is 2.47. The number of fused-ring (bicyclic) bond motifs is 2. The fraction of sp³-hybridized carbons (Fsp3) is 0.273. The number of carbonyl (C=O) groups excluding carboxylic acids is 1. The van der Waals surface area contributed by atoms with Crippen molar-refractivity contribution in [1.29, 1.82) is 0 Å². The Morgan fingerprint density at radius 2 is 2.27 bits per heavy atom. The van der Waals surface area contributed by atoms with Crippen molar-refractivity contribution < 1.29 is 4.79 Å². The number of rotatable bonds is 0. The van der Waals surface area contributed by atoms with Gasteiger partial charge in [-0.1, -0.05) is 12.1 Å². The molecule has 0 spiro atoms. The molecule has 0 saturated carbocycles. The van der Waals surface area contributed by atoms with Gasteiger partial charge in [-0.3, -0.25) is 4.79 Å². The van der Waals surface area contributed by atoms with Crippen molar-refractivity contribution in [2.75, 3.05) is 0 Å². The number of amides is 1. The van der Waals surface area contributed by atoms with Crippen molar-refractivity contribution >= 4 is 29.2 Å². The number of hydrogen-bond acceptors (Lipinski definition) is 3. The molecule has 1 aromatic rings. The molecule has 0 aliphatic carbocycles. The van der Waals surface area contributed by atoms with Crippen LogP contribution >= 0.6 is 11.8 Å². The standard InChI is InChI=1S/C11H10N2OS/c1-11-6-9(14)13-10(11)12-7-4-2-3-5-8(7)15-11/h2-5H,6H2,1H3,(H,12,13,14)/t11-/m1/s1. The summed E-state index contributed by atoms with van der Waals surface area (Å²) in [5.41, 5.74) is 0.956. The number of hydrogen-bond donors (Lipinski definition) is 1. The van der Waals surface area contributed by atoms with E-state index in [4.69, 9.17) is 0 Å². The van der Waals surface area contributed by atoms with Gasteiger partial charge in [0.05, 0.1) is 10.4 Å². The van der Waals surface area contributed by atoms with Gasteiger partial charge in [0.2, 0.25) is 5.91 Å². The van der Waals surface area contributed by atoms with Gasteiger partial charge in [0.25, 0.3) is 0 Å². The minimum Gasteiger partial charge on any atom is -0.313 e. The summed E-state index contributed by atoms with van der Waals surface area (Å²) >= 11 is 1.72. The van der Waals surface area contributed by atoms with Gasteiger partial charge in [0.15, 0.2) is 0 Å². The first-order chi connectivity index (χ1) is 7.17. The smallest absolute Gasteiger partial charge is 0.227 e. The fourth-order valence-corrected chi connectivity index (χ4v) is 3.18. The van der Waals surface area contributed by atoms with Crippen LogP contribution in [0.15, 0.2) is 34.2 Å². The third kappa shape index (κ3) is 1.28. The molecule has 3 nitrogen and oxygen atoms in total. The van der Waals surface area contributed by atoms with Gasteiger partial charge in [-0.15, -0.1) is 11.8 Å². The van der Waals surface area contributed by atoms with E-state index in [2.05, 4.69) is 17.2 Å². The van der Waals surface area contributed by atoms with Crippen LogP contribution in [0.1, 0.15) is 13.3 Å². The van der Waals surface area contributed by atoms with Gasteiger partial charge in [0, 0.05) is 11.3 Å². The summed E-state index contributed by atoms with van der Waals surface area (Å²) in [7, 11) is 0. The van der Waals surface area contributed by atoms with Gasteiger partial charge < -0.3 is 5.32 Å². The second-order valence-electron chi connectivity index (χ2n) is 3.99. The summed E-state index contributed by atoms with van der Waals surface area (Å²) < 4.78 is -0.189. The Morgan fingerprint density at radius 1 is 1.47 bits per heavy atom. The molecule has 0 radical (unpaired) electrons. The predicted octanol–water partition coefficient (Wildman–Crippen LogP) is 2.10. The molecule has 1 fully saturated rings. The number of nitrogens with one attached hydrogen (secondary N) is 1. The number of thioether (sulfide) groups is 1. The van der Waals surface area contributed by atoms with Crippen molar-refractivity contribution in [3.63, 3.8) is 0 Å². The molecule has 1 amide bonds. The maximum atomic E-state index is 11.4. The molecule has 2 heterocycles. The van der Waals surface area contributed by atoms with E-state index in [0.29, 0.717) is 6.42 Å². The Hall–Kier alpha value is -1.29. The summed E-state index contributed by atoms with van der Waals surface area (Å²) in [6.07, 6.45) is 0.519. The first-order valence-corrected chi connectivity index (χ1v) is 5.66. The Labute approximate surface area is 92.0 Å². The van der Waals surface area contributed by atoms with E-state index in [1.807, 2.05) is 24.3 Å². The lowest BCUT2D eigenvalue weighted by Gasteiger charge is -2.26. The van der Waals surface area contributed by atoms with Crippen LogP contribution in [0, 0.1) is 0 Å². The van der Waals surface area contributed by atoms with Gasteiger partial charge in [-0.25, -0.2) is 4.99 Å². The Morgan fingerprint density at radius 3 is 3.13 bits per heavy atom. The summed E-state index contributed by atoms with van der Waals surface area (Å²) in [5, 5.41) is 2.83. The van der Waals surface area contributed by atoms with Crippen LogP contribution in [-0.4, -0.2) is 16.5 Å². The number of amidine groups is 1. The molecule has 1 N–H and O–H groups in total. The molecule has 4 heteroatoms. The van der Waals surface area contributed by atoms with Crippen LogP contribution in [0.2, 0.25) is 0 Å². The molecule has 2 aliphatic heterocycles. The largest absolute Gasteiger partial charge is 0.313 e. The van der Waals surface area contributed by atoms with Gasteiger partial charge in [-0.05, 0) is 19.1 Å². The molecule has 0 unspecified atom stereocenters. The highest BCUT2D eigenvalue weighted by atomic mass is 32.2. The van der Waals surface area contributed by atoms with Crippen molar-refractivity contribution in [2.24, 2.45) is 4.99 Å². The number of aliphatic imine (C=N–C) groups is 1. The number of carbonyl (C=O) groups is 1. The molecule has 0 aromatic heterocycles. The number of para-hydroxylation sites is 1. The predicted molar refractivity (Wildman–Crippen MR) is 60.6 cm³/mol. The van der Waals surface area contributed by atoms with Gasteiger partial charge in [-0.2, -0.15) is 0 Å². The van der Waals surface area contributed by atoms with Crippen molar-refractivity contribution in [2.45, 2.75) is 23.0 Å². The molecule has 3 rings (SSSR count). The summed E-state index contributed by atoms with van der Waals surface area (Å²) in [5.74, 6) is 0.868. The second-order valence-corrected chi connectivity index (χ2v) is 5.53. The van der Waals surface area contributed by atoms with E-state index in [1.54, 1.807) is 11.8 Å². The van der Waals surface area contributed by atoms with E-state index in [-0.39, 0.29) is 10.7 Å². The molecular formula is C11H10N2OS. The molecule has 1 aromatic carbocycles. The highest BCUT2D eigenvalue weighted by Crippen LogP contribution is 2.46. The molecule has 1 saturated heterocycles. The monoisotopic (exact) mass is 218 g/mol. The third-order valence-electron chi connectivity index (χ3n) is 2.69. The highest BCUT2D eigenvalue weighted by molar-refractivity contribution is 8.01. The summed E-state index contributed by atoms with van der Waals surface area (Å²) in [6, 6.07) is 7.98. The zero-order valence-electron chi connectivity index (χ0n) is 8.28. The minimum atomic E-state index is -0.189. The average molecular weight is 218 g/mol. The van der Waals surface area contributed by atoms with E-state index >= 15 is 0 Å².